The minimum Gasteiger partial charge on any atom is -0.508 e. The molecule has 0 spiro atoms. The summed E-state index contributed by atoms with van der Waals surface area (Å²) in [7, 11) is 0. The van der Waals surface area contributed by atoms with Crippen LogP contribution >= 0.6 is 0 Å². The van der Waals surface area contributed by atoms with Gasteiger partial charge in [0.1, 0.15) is 12.3 Å². The number of hydrogen-bond donors (Lipinski definition) is 2. The van der Waals surface area contributed by atoms with E-state index in [1.54, 1.807) is 0 Å². The number of carboxylic acids is 1. The smallest absolute Gasteiger partial charge is 0.323 e. The number of nitrogens with zero attached hydrogens (tertiary/aromatic N) is 2. The first-order valence-electron chi connectivity index (χ1n) is 4.48. The van der Waals surface area contributed by atoms with Crippen molar-refractivity contribution in [3.05, 3.63) is 34.9 Å². The maximum Gasteiger partial charge on any atom is 0.323 e. The molecule has 16 heavy (non-hydrogen) atoms. The van der Waals surface area contributed by atoms with Gasteiger partial charge in [0, 0.05) is 6.07 Å². The van der Waals surface area contributed by atoms with Crippen molar-refractivity contribution in [2.45, 2.75) is 6.54 Å². The summed E-state index contributed by atoms with van der Waals surface area (Å²) in [6.45, 7) is -0.428. The van der Waals surface area contributed by atoms with Gasteiger partial charge in [-0.1, -0.05) is 0 Å². The second-order valence-corrected chi connectivity index (χ2v) is 3.27. The third-order valence-electron chi connectivity index (χ3n) is 2.11. The van der Waals surface area contributed by atoms with Gasteiger partial charge in [-0.3, -0.25) is 14.2 Å². The van der Waals surface area contributed by atoms with Gasteiger partial charge in [0.2, 0.25) is 0 Å². The van der Waals surface area contributed by atoms with Crippen LogP contribution in [0.5, 0.6) is 5.75 Å². The first kappa shape index (κ1) is 10.2. The number of hydrogen-bond acceptors (Lipinski definition) is 4. The van der Waals surface area contributed by atoms with Gasteiger partial charge < -0.3 is 10.2 Å². The summed E-state index contributed by atoms with van der Waals surface area (Å²) in [5.41, 5.74) is -0.0981. The zero-order chi connectivity index (χ0) is 11.7. The Balaban J connectivity index is 2.66. The normalized spacial score (nSPS) is 10.5. The van der Waals surface area contributed by atoms with Crippen molar-refractivity contribution in [1.29, 1.82) is 0 Å². The van der Waals surface area contributed by atoms with E-state index in [-0.39, 0.29) is 11.1 Å². The Bertz CT molecular complexity index is 618. The Morgan fingerprint density at radius 3 is 2.88 bits per heavy atom. The number of aromatic hydroxyl groups is 1. The minimum atomic E-state index is -1.11. The average Bonchev–Trinajstić information content (AvgIpc) is 2.22. The van der Waals surface area contributed by atoms with Crippen LogP contribution in [0.25, 0.3) is 10.9 Å². The van der Waals surface area contributed by atoms with Crippen molar-refractivity contribution in [3.8, 4) is 5.75 Å². The van der Waals surface area contributed by atoms with Crippen molar-refractivity contribution in [1.82, 2.24) is 9.55 Å². The molecule has 1 aromatic heterocycles. The van der Waals surface area contributed by atoms with Gasteiger partial charge in [-0.05, 0) is 12.1 Å². The largest absolute Gasteiger partial charge is 0.508 e. The zero-order valence-electron chi connectivity index (χ0n) is 8.12. The lowest BCUT2D eigenvalue weighted by Gasteiger charge is -2.03. The number of fused-ring (bicyclic) bond motifs is 1. The fourth-order valence-electron chi connectivity index (χ4n) is 1.41. The van der Waals surface area contributed by atoms with E-state index in [2.05, 4.69) is 4.98 Å². The number of aromatic nitrogens is 2. The fraction of sp³-hybridized carbons (Fsp3) is 0.100. The second kappa shape index (κ2) is 3.65. The van der Waals surface area contributed by atoms with Crippen molar-refractivity contribution < 1.29 is 15.0 Å². The number of phenols is 1. The molecule has 0 aliphatic carbocycles. The van der Waals surface area contributed by atoms with Gasteiger partial charge in [0.15, 0.2) is 0 Å². The quantitative estimate of drug-likeness (QED) is 0.753. The number of carboxylic acid groups (broad SMARTS) is 1. The highest BCUT2D eigenvalue weighted by Gasteiger charge is 2.06. The molecule has 6 heteroatoms. The van der Waals surface area contributed by atoms with Crippen LogP contribution in [-0.4, -0.2) is 25.7 Å². The molecule has 2 rings (SSSR count). The fourth-order valence-corrected chi connectivity index (χ4v) is 1.41. The molecule has 0 aliphatic heterocycles. The molecule has 1 heterocycles. The number of phenolic OH excluding ortho intramolecular Hbond substituents is 1. The summed E-state index contributed by atoms with van der Waals surface area (Å²) in [5, 5.41) is 18.1. The van der Waals surface area contributed by atoms with Crippen LogP contribution < -0.4 is 5.56 Å². The van der Waals surface area contributed by atoms with E-state index in [1.165, 1.54) is 18.2 Å². The molecular weight excluding hydrogens is 212 g/mol. The van der Waals surface area contributed by atoms with E-state index in [0.717, 1.165) is 10.9 Å². The predicted octanol–water partition coefficient (Wildman–Crippen LogP) is 0.187. The molecule has 0 bridgehead atoms. The van der Waals surface area contributed by atoms with E-state index in [1.807, 2.05) is 0 Å². The molecule has 2 N–H and O–H groups in total. The Morgan fingerprint density at radius 1 is 1.44 bits per heavy atom. The molecule has 0 unspecified atom stereocenters. The molecule has 0 fully saturated rings. The van der Waals surface area contributed by atoms with E-state index >= 15 is 0 Å². The van der Waals surface area contributed by atoms with E-state index < -0.39 is 18.1 Å². The Morgan fingerprint density at radius 2 is 2.19 bits per heavy atom. The van der Waals surface area contributed by atoms with Crippen LogP contribution in [0.4, 0.5) is 0 Å². The summed E-state index contributed by atoms with van der Waals surface area (Å²) in [6, 6.07) is 4.12. The van der Waals surface area contributed by atoms with Crippen molar-refractivity contribution in [2.75, 3.05) is 0 Å². The molecule has 0 radical (unpaired) electrons. The highest BCUT2D eigenvalue weighted by atomic mass is 16.4. The van der Waals surface area contributed by atoms with Gasteiger partial charge >= 0.3 is 5.97 Å². The number of rotatable bonds is 2. The number of carbonyl (C=O) groups is 1. The topological polar surface area (TPSA) is 92.4 Å². The molecule has 82 valence electrons. The third-order valence-corrected chi connectivity index (χ3v) is 2.11. The summed E-state index contributed by atoms with van der Waals surface area (Å²) >= 11 is 0. The zero-order valence-corrected chi connectivity index (χ0v) is 8.12. The van der Waals surface area contributed by atoms with E-state index in [4.69, 9.17) is 5.11 Å². The monoisotopic (exact) mass is 220 g/mol. The Labute approximate surface area is 89.4 Å². The van der Waals surface area contributed by atoms with E-state index in [0.29, 0.717) is 5.52 Å². The van der Waals surface area contributed by atoms with Gasteiger partial charge in [0.05, 0.1) is 17.2 Å². The lowest BCUT2D eigenvalue weighted by Crippen LogP contribution is -2.24. The van der Waals surface area contributed by atoms with Gasteiger partial charge in [-0.25, -0.2) is 4.98 Å². The standard InChI is InChI=1S/C10H8N2O4/c13-6-1-2-7-8(3-6)11-5-12(10(7)16)4-9(14)15/h1-3,5,13H,4H2,(H,14,15). The van der Waals surface area contributed by atoms with Crippen LogP contribution in [-0.2, 0) is 11.3 Å². The van der Waals surface area contributed by atoms with Crippen molar-refractivity contribution in [3.63, 3.8) is 0 Å². The molecule has 0 atom stereocenters. The first-order valence-corrected chi connectivity index (χ1v) is 4.48. The summed E-state index contributed by atoms with van der Waals surface area (Å²) in [4.78, 5) is 26.1. The molecular formula is C10H8N2O4. The molecule has 0 saturated heterocycles. The van der Waals surface area contributed by atoms with Crippen LogP contribution in [0, 0.1) is 0 Å². The maximum atomic E-state index is 11.8. The third kappa shape index (κ3) is 1.72. The predicted molar refractivity (Wildman–Crippen MR) is 55.3 cm³/mol. The van der Waals surface area contributed by atoms with Gasteiger partial charge in [-0.15, -0.1) is 0 Å². The molecule has 6 nitrogen and oxygen atoms in total. The highest BCUT2D eigenvalue weighted by Crippen LogP contribution is 2.14. The molecule has 0 saturated carbocycles. The van der Waals surface area contributed by atoms with Gasteiger partial charge in [0.25, 0.3) is 5.56 Å². The van der Waals surface area contributed by atoms with Crippen LogP contribution in [0.2, 0.25) is 0 Å². The molecule has 0 aliphatic rings. The number of benzene rings is 1. The van der Waals surface area contributed by atoms with Crippen molar-refractivity contribution in [2.24, 2.45) is 0 Å². The lowest BCUT2D eigenvalue weighted by molar-refractivity contribution is -0.137. The summed E-state index contributed by atoms with van der Waals surface area (Å²) in [5.74, 6) is -1.10. The second-order valence-electron chi connectivity index (χ2n) is 3.27. The number of aliphatic carboxylic acids is 1. The van der Waals surface area contributed by atoms with Gasteiger partial charge in [-0.2, -0.15) is 0 Å². The molecule has 1 aromatic carbocycles. The van der Waals surface area contributed by atoms with E-state index in [9.17, 15) is 14.7 Å². The van der Waals surface area contributed by atoms with Crippen molar-refractivity contribution >= 4 is 16.9 Å². The summed E-state index contributed by atoms with van der Waals surface area (Å²) < 4.78 is 1.00. The SMILES string of the molecule is O=C(O)Cn1cnc2cc(O)ccc2c1=O. The van der Waals surface area contributed by atoms with Crippen LogP contribution in [0.15, 0.2) is 29.3 Å². The summed E-state index contributed by atoms with van der Waals surface area (Å²) in [6.07, 6.45) is 1.15. The highest BCUT2D eigenvalue weighted by molar-refractivity contribution is 5.79. The Kier molecular flexibility index (Phi) is 2.32. The maximum absolute atomic E-state index is 11.8. The molecule has 0 amide bonds. The Hall–Kier alpha value is -2.37. The van der Waals surface area contributed by atoms with Crippen LogP contribution in [0.1, 0.15) is 0 Å². The lowest BCUT2D eigenvalue weighted by atomic mass is 10.2. The van der Waals surface area contributed by atoms with Crippen LogP contribution in [0.3, 0.4) is 0 Å². The minimum absolute atomic E-state index is 0.00962. The molecule has 2 aromatic rings. The average molecular weight is 220 g/mol. The first-order chi connectivity index (χ1) is 7.58.